The van der Waals surface area contributed by atoms with E-state index in [1.165, 1.54) is 0 Å². The molecule has 0 radical (unpaired) electrons. The maximum atomic E-state index is 11.2. The fraction of sp³-hybridized carbons (Fsp3) is 0.400. The topological polar surface area (TPSA) is 78.9 Å². The third-order valence-corrected chi connectivity index (χ3v) is 3.54. The van der Waals surface area contributed by atoms with Crippen molar-refractivity contribution in [3.05, 3.63) is 24.3 Å². The lowest BCUT2D eigenvalue weighted by atomic mass is 10.2. The molecule has 1 atom stereocenters. The van der Waals surface area contributed by atoms with E-state index in [9.17, 15) is 4.79 Å². The lowest BCUT2D eigenvalue weighted by Gasteiger charge is -2.14. The normalized spacial score (nSPS) is 17.8. The van der Waals surface area contributed by atoms with Crippen LogP contribution in [-0.2, 0) is 4.79 Å². The molecular formula is C15H19N5O. The van der Waals surface area contributed by atoms with Crippen molar-refractivity contribution in [2.75, 3.05) is 23.7 Å². The maximum absolute atomic E-state index is 11.2. The first-order valence-corrected chi connectivity index (χ1v) is 7.30. The van der Waals surface area contributed by atoms with Crippen molar-refractivity contribution in [1.82, 2.24) is 15.3 Å². The average molecular weight is 285 g/mol. The highest BCUT2D eigenvalue weighted by Gasteiger charge is 2.20. The Morgan fingerprint density at radius 3 is 2.90 bits per heavy atom. The predicted molar refractivity (Wildman–Crippen MR) is 83.4 cm³/mol. The van der Waals surface area contributed by atoms with Crippen molar-refractivity contribution < 1.29 is 4.79 Å². The van der Waals surface area contributed by atoms with Crippen LogP contribution in [0.1, 0.15) is 19.8 Å². The number of amides is 1. The lowest BCUT2D eigenvalue weighted by Crippen LogP contribution is -2.32. The van der Waals surface area contributed by atoms with Gasteiger partial charge >= 0.3 is 0 Å². The molecule has 21 heavy (non-hydrogen) atoms. The molecule has 1 fully saturated rings. The van der Waals surface area contributed by atoms with Crippen LogP contribution in [0.2, 0.25) is 0 Å². The van der Waals surface area contributed by atoms with Crippen LogP contribution < -0.4 is 16.0 Å². The van der Waals surface area contributed by atoms with Crippen molar-refractivity contribution in [2.45, 2.75) is 25.8 Å². The summed E-state index contributed by atoms with van der Waals surface area (Å²) < 4.78 is 0. The number of fused-ring (bicyclic) bond motifs is 1. The molecule has 1 aromatic heterocycles. The van der Waals surface area contributed by atoms with Gasteiger partial charge in [-0.3, -0.25) is 4.79 Å². The number of nitrogens with zero attached hydrogens (tertiary/aromatic N) is 2. The van der Waals surface area contributed by atoms with Gasteiger partial charge in [0.2, 0.25) is 11.9 Å². The molecule has 1 aliphatic heterocycles. The number of benzene rings is 1. The Morgan fingerprint density at radius 1 is 1.29 bits per heavy atom. The third-order valence-electron chi connectivity index (χ3n) is 3.54. The summed E-state index contributed by atoms with van der Waals surface area (Å²) in [5, 5.41) is 10.4. The Labute approximate surface area is 123 Å². The van der Waals surface area contributed by atoms with E-state index >= 15 is 0 Å². The summed E-state index contributed by atoms with van der Waals surface area (Å²) in [6.07, 6.45) is 1.48. The van der Waals surface area contributed by atoms with Gasteiger partial charge in [0.25, 0.3) is 0 Å². The van der Waals surface area contributed by atoms with Gasteiger partial charge in [-0.2, -0.15) is 4.98 Å². The van der Waals surface area contributed by atoms with E-state index < -0.39 is 0 Å². The zero-order valence-electron chi connectivity index (χ0n) is 12.0. The van der Waals surface area contributed by atoms with Gasteiger partial charge < -0.3 is 16.0 Å². The second-order valence-corrected chi connectivity index (χ2v) is 5.13. The number of carbonyl (C=O) groups is 1. The molecule has 1 aromatic carbocycles. The minimum atomic E-state index is 0.127. The molecule has 1 saturated heterocycles. The molecule has 1 unspecified atom stereocenters. The first-order valence-electron chi connectivity index (χ1n) is 7.30. The van der Waals surface area contributed by atoms with E-state index in [2.05, 4.69) is 25.9 Å². The summed E-state index contributed by atoms with van der Waals surface area (Å²) >= 11 is 0. The number of aromatic nitrogens is 2. The van der Waals surface area contributed by atoms with Crippen LogP contribution in [0.15, 0.2) is 24.3 Å². The molecule has 110 valence electrons. The SMILES string of the molecule is CCNc1nc(NCC2CCC(=O)N2)c2ccccc2n1. The standard InChI is InChI=1S/C15H19N5O/c1-2-16-15-19-12-6-4-3-5-11(12)14(20-15)17-9-10-7-8-13(21)18-10/h3-6,10H,2,7-9H2,1H3,(H,18,21)(H2,16,17,19,20). The average Bonchev–Trinajstić information content (AvgIpc) is 2.91. The van der Waals surface area contributed by atoms with Crippen LogP contribution in [0.25, 0.3) is 10.9 Å². The van der Waals surface area contributed by atoms with Gasteiger partial charge in [0.15, 0.2) is 0 Å². The second-order valence-electron chi connectivity index (χ2n) is 5.13. The summed E-state index contributed by atoms with van der Waals surface area (Å²) in [5.41, 5.74) is 0.904. The van der Waals surface area contributed by atoms with E-state index in [1.807, 2.05) is 31.2 Å². The zero-order valence-corrected chi connectivity index (χ0v) is 12.0. The van der Waals surface area contributed by atoms with Crippen molar-refractivity contribution in [3.63, 3.8) is 0 Å². The Kier molecular flexibility index (Phi) is 3.85. The summed E-state index contributed by atoms with van der Waals surface area (Å²) in [6.45, 7) is 3.47. The zero-order chi connectivity index (χ0) is 14.7. The summed E-state index contributed by atoms with van der Waals surface area (Å²) in [4.78, 5) is 20.3. The fourth-order valence-corrected chi connectivity index (χ4v) is 2.50. The van der Waals surface area contributed by atoms with Crippen LogP contribution >= 0.6 is 0 Å². The minimum absolute atomic E-state index is 0.127. The van der Waals surface area contributed by atoms with Gasteiger partial charge in [-0.05, 0) is 25.5 Å². The molecule has 1 amide bonds. The molecule has 2 heterocycles. The van der Waals surface area contributed by atoms with E-state index in [0.717, 1.165) is 29.7 Å². The molecule has 0 bridgehead atoms. The van der Waals surface area contributed by atoms with E-state index in [1.54, 1.807) is 0 Å². The van der Waals surface area contributed by atoms with E-state index in [-0.39, 0.29) is 11.9 Å². The quantitative estimate of drug-likeness (QED) is 0.780. The Bertz CT molecular complexity index is 658. The van der Waals surface area contributed by atoms with Gasteiger partial charge in [0.05, 0.1) is 5.52 Å². The first kappa shape index (κ1) is 13.6. The van der Waals surface area contributed by atoms with E-state index in [4.69, 9.17) is 0 Å². The van der Waals surface area contributed by atoms with Crippen LogP contribution in [-0.4, -0.2) is 35.0 Å². The molecule has 0 aliphatic carbocycles. The number of rotatable bonds is 5. The van der Waals surface area contributed by atoms with Crippen LogP contribution in [0, 0.1) is 0 Å². The molecule has 3 N–H and O–H groups in total. The molecule has 6 heteroatoms. The van der Waals surface area contributed by atoms with Gasteiger partial charge in [0.1, 0.15) is 5.82 Å². The Balaban J connectivity index is 1.83. The van der Waals surface area contributed by atoms with Crippen molar-refractivity contribution in [2.24, 2.45) is 0 Å². The van der Waals surface area contributed by atoms with Gasteiger partial charge in [0, 0.05) is 30.9 Å². The van der Waals surface area contributed by atoms with Crippen molar-refractivity contribution in [1.29, 1.82) is 0 Å². The highest BCUT2D eigenvalue weighted by atomic mass is 16.1. The molecule has 0 spiro atoms. The minimum Gasteiger partial charge on any atom is -0.367 e. The van der Waals surface area contributed by atoms with Crippen molar-refractivity contribution >= 4 is 28.6 Å². The van der Waals surface area contributed by atoms with Crippen LogP contribution in [0.3, 0.4) is 0 Å². The van der Waals surface area contributed by atoms with Gasteiger partial charge in [-0.1, -0.05) is 12.1 Å². The summed E-state index contributed by atoms with van der Waals surface area (Å²) in [5.74, 6) is 1.55. The summed E-state index contributed by atoms with van der Waals surface area (Å²) in [6, 6.07) is 8.09. The number of hydrogen-bond acceptors (Lipinski definition) is 5. The fourth-order valence-electron chi connectivity index (χ4n) is 2.50. The second kappa shape index (κ2) is 5.95. The Morgan fingerprint density at radius 2 is 2.14 bits per heavy atom. The van der Waals surface area contributed by atoms with Gasteiger partial charge in [-0.15, -0.1) is 0 Å². The first-order chi connectivity index (χ1) is 10.3. The molecule has 6 nitrogen and oxygen atoms in total. The Hall–Kier alpha value is -2.37. The van der Waals surface area contributed by atoms with Crippen LogP contribution in [0.4, 0.5) is 11.8 Å². The number of anilines is 2. The number of carbonyl (C=O) groups excluding carboxylic acids is 1. The molecule has 3 rings (SSSR count). The molecular weight excluding hydrogens is 266 g/mol. The number of nitrogens with one attached hydrogen (secondary N) is 3. The number of hydrogen-bond donors (Lipinski definition) is 3. The largest absolute Gasteiger partial charge is 0.367 e. The summed E-state index contributed by atoms with van der Waals surface area (Å²) in [7, 11) is 0. The number of para-hydroxylation sites is 1. The van der Waals surface area contributed by atoms with Crippen molar-refractivity contribution in [3.8, 4) is 0 Å². The lowest BCUT2D eigenvalue weighted by molar-refractivity contribution is -0.119. The van der Waals surface area contributed by atoms with E-state index in [0.29, 0.717) is 18.9 Å². The molecule has 2 aromatic rings. The predicted octanol–water partition coefficient (Wildman–Crippen LogP) is 1.75. The van der Waals surface area contributed by atoms with Gasteiger partial charge in [-0.25, -0.2) is 4.98 Å². The third kappa shape index (κ3) is 3.04. The highest BCUT2D eigenvalue weighted by molar-refractivity contribution is 5.90. The maximum Gasteiger partial charge on any atom is 0.225 e. The molecule has 1 aliphatic rings. The molecule has 0 saturated carbocycles. The van der Waals surface area contributed by atoms with Crippen LogP contribution in [0.5, 0.6) is 0 Å². The smallest absolute Gasteiger partial charge is 0.225 e. The highest BCUT2D eigenvalue weighted by Crippen LogP contribution is 2.22. The monoisotopic (exact) mass is 285 g/mol.